The third-order valence-electron chi connectivity index (χ3n) is 2.06. The summed E-state index contributed by atoms with van der Waals surface area (Å²) >= 11 is 3.24. The van der Waals surface area contributed by atoms with Gasteiger partial charge in [-0.3, -0.25) is 0 Å². The standard InChI is InChI=1S/C10H15BrN2O3S/c1-16-9-5-8(11)6-10(7-9)17(14,15)13-4-2-3-12/h5-7,13H,2-4,12H2,1H3. The Morgan fingerprint density at radius 3 is 2.71 bits per heavy atom. The van der Waals surface area contributed by atoms with Crippen molar-refractivity contribution < 1.29 is 13.2 Å². The summed E-state index contributed by atoms with van der Waals surface area (Å²) in [4.78, 5) is 0.167. The van der Waals surface area contributed by atoms with Gasteiger partial charge >= 0.3 is 0 Å². The van der Waals surface area contributed by atoms with Crippen LogP contribution in [-0.4, -0.2) is 28.6 Å². The van der Waals surface area contributed by atoms with Crippen LogP contribution in [0.1, 0.15) is 6.42 Å². The van der Waals surface area contributed by atoms with E-state index in [1.807, 2.05) is 0 Å². The van der Waals surface area contributed by atoms with Crippen LogP contribution in [0.15, 0.2) is 27.6 Å². The summed E-state index contributed by atoms with van der Waals surface area (Å²) in [6.45, 7) is 0.776. The Bertz CT molecular complexity index is 476. The summed E-state index contributed by atoms with van der Waals surface area (Å²) in [5, 5.41) is 0. The Morgan fingerprint density at radius 1 is 1.41 bits per heavy atom. The highest BCUT2D eigenvalue weighted by atomic mass is 79.9. The number of hydrogen-bond acceptors (Lipinski definition) is 4. The van der Waals surface area contributed by atoms with Gasteiger partial charge in [-0.15, -0.1) is 0 Å². The summed E-state index contributed by atoms with van der Waals surface area (Å²) in [5.74, 6) is 0.485. The number of nitrogens with two attached hydrogens (primary N) is 1. The highest BCUT2D eigenvalue weighted by Gasteiger charge is 2.15. The smallest absolute Gasteiger partial charge is 0.240 e. The SMILES string of the molecule is COc1cc(Br)cc(S(=O)(=O)NCCCN)c1. The van der Waals surface area contributed by atoms with Crippen LogP contribution in [0.5, 0.6) is 5.75 Å². The van der Waals surface area contributed by atoms with Gasteiger partial charge in [0, 0.05) is 17.1 Å². The van der Waals surface area contributed by atoms with Gasteiger partial charge in [0.05, 0.1) is 12.0 Å². The Labute approximate surface area is 110 Å². The lowest BCUT2D eigenvalue weighted by Crippen LogP contribution is -2.26. The van der Waals surface area contributed by atoms with E-state index in [1.165, 1.54) is 19.2 Å². The van der Waals surface area contributed by atoms with Crippen LogP contribution < -0.4 is 15.2 Å². The average Bonchev–Trinajstić information content (AvgIpc) is 2.28. The van der Waals surface area contributed by atoms with Gasteiger partial charge in [0.1, 0.15) is 5.75 Å². The normalized spacial score (nSPS) is 11.5. The Morgan fingerprint density at radius 2 is 2.12 bits per heavy atom. The monoisotopic (exact) mass is 322 g/mol. The molecule has 17 heavy (non-hydrogen) atoms. The van der Waals surface area contributed by atoms with Crippen molar-refractivity contribution in [3.8, 4) is 5.75 Å². The van der Waals surface area contributed by atoms with Crippen molar-refractivity contribution >= 4 is 26.0 Å². The van der Waals surface area contributed by atoms with E-state index in [1.54, 1.807) is 6.07 Å². The molecule has 0 aliphatic heterocycles. The van der Waals surface area contributed by atoms with Crippen molar-refractivity contribution in [1.82, 2.24) is 4.72 Å². The molecule has 0 fully saturated rings. The Kier molecular flexibility index (Phi) is 5.38. The molecule has 0 heterocycles. The first-order chi connectivity index (χ1) is 7.99. The van der Waals surface area contributed by atoms with E-state index in [0.717, 1.165) is 0 Å². The molecule has 0 radical (unpaired) electrons. The van der Waals surface area contributed by atoms with Gasteiger partial charge in [0.15, 0.2) is 0 Å². The van der Waals surface area contributed by atoms with Gasteiger partial charge in [0.2, 0.25) is 10.0 Å². The molecule has 0 aromatic heterocycles. The lowest BCUT2D eigenvalue weighted by molar-refractivity contribution is 0.413. The first kappa shape index (κ1) is 14.4. The lowest BCUT2D eigenvalue weighted by atomic mass is 10.3. The highest BCUT2D eigenvalue weighted by molar-refractivity contribution is 9.10. The number of methoxy groups -OCH3 is 1. The summed E-state index contributed by atoms with van der Waals surface area (Å²) in [7, 11) is -2.02. The highest BCUT2D eigenvalue weighted by Crippen LogP contribution is 2.23. The van der Waals surface area contributed by atoms with Gasteiger partial charge in [-0.05, 0) is 25.1 Å². The van der Waals surface area contributed by atoms with E-state index < -0.39 is 10.0 Å². The van der Waals surface area contributed by atoms with Gasteiger partial charge in [-0.1, -0.05) is 15.9 Å². The van der Waals surface area contributed by atoms with Gasteiger partial charge in [-0.2, -0.15) is 0 Å². The number of ether oxygens (including phenoxy) is 1. The minimum absolute atomic E-state index is 0.167. The van der Waals surface area contributed by atoms with Crippen molar-refractivity contribution in [3.05, 3.63) is 22.7 Å². The third kappa shape index (κ3) is 4.27. The zero-order valence-corrected chi connectivity index (χ0v) is 11.8. The number of nitrogens with one attached hydrogen (secondary N) is 1. The predicted octanol–water partition coefficient (Wildman–Crippen LogP) is 1.08. The molecule has 1 rings (SSSR count). The van der Waals surface area contributed by atoms with E-state index in [2.05, 4.69) is 20.7 Å². The minimum Gasteiger partial charge on any atom is -0.497 e. The molecule has 1 aromatic rings. The van der Waals surface area contributed by atoms with E-state index >= 15 is 0 Å². The average molecular weight is 323 g/mol. The van der Waals surface area contributed by atoms with Crippen LogP contribution >= 0.6 is 15.9 Å². The maximum Gasteiger partial charge on any atom is 0.240 e. The number of benzene rings is 1. The fourth-order valence-electron chi connectivity index (χ4n) is 1.20. The molecule has 0 spiro atoms. The van der Waals surface area contributed by atoms with Gasteiger partial charge < -0.3 is 10.5 Å². The van der Waals surface area contributed by atoms with E-state index in [4.69, 9.17) is 10.5 Å². The molecule has 0 unspecified atom stereocenters. The fraction of sp³-hybridized carbons (Fsp3) is 0.400. The largest absolute Gasteiger partial charge is 0.497 e. The molecule has 0 aliphatic carbocycles. The number of rotatable bonds is 6. The van der Waals surface area contributed by atoms with Crippen LogP contribution in [0.2, 0.25) is 0 Å². The van der Waals surface area contributed by atoms with E-state index in [0.29, 0.717) is 29.7 Å². The topological polar surface area (TPSA) is 81.4 Å². The van der Waals surface area contributed by atoms with Gasteiger partial charge in [0.25, 0.3) is 0 Å². The first-order valence-corrected chi connectivity index (χ1v) is 7.31. The molecule has 0 atom stereocenters. The van der Waals surface area contributed by atoms with Crippen molar-refractivity contribution in [1.29, 1.82) is 0 Å². The van der Waals surface area contributed by atoms with Crippen molar-refractivity contribution in [3.63, 3.8) is 0 Å². The fourth-order valence-corrected chi connectivity index (χ4v) is 2.96. The van der Waals surface area contributed by atoms with Crippen molar-refractivity contribution in [2.24, 2.45) is 5.73 Å². The predicted molar refractivity (Wildman–Crippen MR) is 69.6 cm³/mol. The molecule has 3 N–H and O–H groups in total. The number of halogens is 1. The van der Waals surface area contributed by atoms with Crippen LogP contribution in [0.3, 0.4) is 0 Å². The van der Waals surface area contributed by atoms with Crippen LogP contribution in [0.4, 0.5) is 0 Å². The zero-order valence-electron chi connectivity index (χ0n) is 9.44. The first-order valence-electron chi connectivity index (χ1n) is 5.04. The van der Waals surface area contributed by atoms with Crippen molar-refractivity contribution in [2.45, 2.75) is 11.3 Å². The third-order valence-corrected chi connectivity index (χ3v) is 3.96. The second-order valence-electron chi connectivity index (χ2n) is 3.37. The summed E-state index contributed by atoms with van der Waals surface area (Å²) in [6, 6.07) is 4.68. The molecular weight excluding hydrogens is 308 g/mol. The second kappa shape index (κ2) is 6.34. The summed E-state index contributed by atoms with van der Waals surface area (Å²) in [5.41, 5.74) is 5.30. The van der Waals surface area contributed by atoms with E-state index in [9.17, 15) is 8.42 Å². The quantitative estimate of drug-likeness (QED) is 0.768. The van der Waals surface area contributed by atoms with Crippen molar-refractivity contribution in [2.75, 3.05) is 20.2 Å². The Hall–Kier alpha value is -0.630. The number of sulfonamides is 1. The maximum absolute atomic E-state index is 11.9. The summed E-state index contributed by atoms with van der Waals surface area (Å²) in [6.07, 6.45) is 0.602. The van der Waals surface area contributed by atoms with E-state index in [-0.39, 0.29) is 4.90 Å². The maximum atomic E-state index is 11.9. The summed E-state index contributed by atoms with van der Waals surface area (Å²) < 4.78 is 31.9. The molecule has 0 saturated carbocycles. The molecule has 0 amide bonds. The Balaban J connectivity index is 2.94. The molecular formula is C10H15BrN2O3S. The van der Waals surface area contributed by atoms with Crippen LogP contribution in [0.25, 0.3) is 0 Å². The second-order valence-corrected chi connectivity index (χ2v) is 6.05. The van der Waals surface area contributed by atoms with Gasteiger partial charge in [-0.25, -0.2) is 13.1 Å². The molecule has 0 saturated heterocycles. The molecule has 0 aliphatic rings. The minimum atomic E-state index is -3.50. The lowest BCUT2D eigenvalue weighted by Gasteiger charge is -2.08. The molecule has 7 heteroatoms. The van der Waals surface area contributed by atoms with Crippen LogP contribution in [0, 0.1) is 0 Å². The molecule has 96 valence electrons. The molecule has 0 bridgehead atoms. The molecule has 5 nitrogen and oxygen atoms in total. The molecule has 1 aromatic carbocycles. The zero-order chi connectivity index (χ0) is 12.9. The van der Waals surface area contributed by atoms with Crippen LogP contribution in [-0.2, 0) is 10.0 Å². The number of hydrogen-bond donors (Lipinski definition) is 2.